The van der Waals surface area contributed by atoms with Gasteiger partial charge in [-0.2, -0.15) is 0 Å². The molecule has 1 N–H and O–H groups in total. The van der Waals surface area contributed by atoms with Crippen LogP contribution < -0.4 is 10.2 Å². The molecule has 0 radical (unpaired) electrons. The van der Waals surface area contributed by atoms with Crippen LogP contribution in [-0.4, -0.2) is 24.6 Å². The van der Waals surface area contributed by atoms with Gasteiger partial charge < -0.3 is 10.2 Å². The maximum atomic E-state index is 5.02. The molecule has 1 aliphatic rings. The Hall–Kier alpha value is -2.39. The average Bonchev–Trinajstić information content (AvgIpc) is 2.72. The molecule has 1 aliphatic heterocycles. The molecule has 0 spiro atoms. The van der Waals surface area contributed by atoms with Crippen molar-refractivity contribution < 1.29 is 0 Å². The number of nitrogens with zero attached hydrogens (tertiary/aromatic N) is 2. The predicted molar refractivity (Wildman–Crippen MR) is 110 cm³/mol. The van der Waals surface area contributed by atoms with E-state index in [9.17, 15) is 0 Å². The van der Waals surface area contributed by atoms with E-state index in [4.69, 9.17) is 4.98 Å². The first kappa shape index (κ1) is 17.0. The summed E-state index contributed by atoms with van der Waals surface area (Å²) in [4.78, 5) is 7.50. The molecule has 3 nitrogen and oxygen atoms in total. The Morgan fingerprint density at radius 1 is 0.885 bits per heavy atom. The number of pyridine rings is 1. The van der Waals surface area contributed by atoms with Crippen molar-refractivity contribution in [2.24, 2.45) is 0 Å². The number of nitrogens with one attached hydrogen (secondary N) is 1. The van der Waals surface area contributed by atoms with Crippen LogP contribution in [0.15, 0.2) is 60.7 Å². The van der Waals surface area contributed by atoms with Gasteiger partial charge in [0.15, 0.2) is 0 Å². The van der Waals surface area contributed by atoms with Crippen molar-refractivity contribution in [3.63, 3.8) is 0 Å². The molecule has 0 unspecified atom stereocenters. The summed E-state index contributed by atoms with van der Waals surface area (Å²) in [5, 5.41) is 4.86. The smallest absolute Gasteiger partial charge is 0.133 e. The lowest BCUT2D eigenvalue weighted by atomic mass is 10.1. The SMILES string of the molecule is c1ccc(CCNCc2cc3ccccc3nc2N2CCCCC2)cc1. The molecule has 0 amide bonds. The Morgan fingerprint density at radius 3 is 2.50 bits per heavy atom. The zero-order chi connectivity index (χ0) is 17.6. The highest BCUT2D eigenvalue weighted by atomic mass is 15.2. The van der Waals surface area contributed by atoms with E-state index in [0.29, 0.717) is 0 Å². The first-order chi connectivity index (χ1) is 12.9. The molecular weight excluding hydrogens is 318 g/mol. The fourth-order valence-electron chi connectivity index (χ4n) is 3.76. The van der Waals surface area contributed by atoms with E-state index < -0.39 is 0 Å². The Morgan fingerprint density at radius 2 is 1.65 bits per heavy atom. The van der Waals surface area contributed by atoms with Gasteiger partial charge in [0, 0.05) is 30.6 Å². The molecule has 1 fully saturated rings. The van der Waals surface area contributed by atoms with E-state index in [1.54, 1.807) is 0 Å². The standard InChI is InChI=1S/C23H27N3/c1-3-9-19(10-4-1)13-14-24-18-21-17-20-11-5-6-12-22(20)25-23(21)26-15-7-2-8-16-26/h1,3-6,9-12,17,24H,2,7-8,13-16,18H2. The van der Waals surface area contributed by atoms with Gasteiger partial charge in [0.1, 0.15) is 5.82 Å². The first-order valence-corrected chi connectivity index (χ1v) is 9.78. The molecule has 0 saturated carbocycles. The molecule has 1 saturated heterocycles. The summed E-state index contributed by atoms with van der Waals surface area (Å²) in [5.74, 6) is 1.18. The molecule has 3 heteroatoms. The van der Waals surface area contributed by atoms with Crippen LogP contribution in [0, 0.1) is 0 Å². The van der Waals surface area contributed by atoms with Crippen LogP contribution >= 0.6 is 0 Å². The topological polar surface area (TPSA) is 28.2 Å². The normalized spacial score (nSPS) is 14.7. The van der Waals surface area contributed by atoms with E-state index in [1.165, 1.54) is 41.6 Å². The lowest BCUT2D eigenvalue weighted by Gasteiger charge is -2.30. The second-order valence-electron chi connectivity index (χ2n) is 7.12. The zero-order valence-electron chi connectivity index (χ0n) is 15.3. The summed E-state index contributed by atoms with van der Waals surface area (Å²) in [6.07, 6.45) is 4.94. The number of para-hydroxylation sites is 1. The van der Waals surface area contributed by atoms with Crippen LogP contribution in [0.3, 0.4) is 0 Å². The van der Waals surface area contributed by atoms with Gasteiger partial charge >= 0.3 is 0 Å². The number of piperidine rings is 1. The van der Waals surface area contributed by atoms with Crippen molar-refractivity contribution in [2.45, 2.75) is 32.2 Å². The lowest BCUT2D eigenvalue weighted by Crippen LogP contribution is -2.32. The minimum absolute atomic E-state index is 0.872. The van der Waals surface area contributed by atoms with Gasteiger partial charge in [0.25, 0.3) is 0 Å². The van der Waals surface area contributed by atoms with Crippen LogP contribution in [0.2, 0.25) is 0 Å². The number of benzene rings is 2. The van der Waals surface area contributed by atoms with Gasteiger partial charge in [-0.05, 0) is 49.9 Å². The molecule has 2 heterocycles. The minimum atomic E-state index is 0.872. The van der Waals surface area contributed by atoms with Crippen LogP contribution in [0.4, 0.5) is 5.82 Å². The summed E-state index contributed by atoms with van der Waals surface area (Å²) in [6, 6.07) is 21.4. The van der Waals surface area contributed by atoms with Crippen LogP contribution in [0.1, 0.15) is 30.4 Å². The molecule has 2 aromatic carbocycles. The van der Waals surface area contributed by atoms with Crippen molar-refractivity contribution >= 4 is 16.7 Å². The average molecular weight is 345 g/mol. The van der Waals surface area contributed by atoms with E-state index in [2.05, 4.69) is 70.9 Å². The number of hydrogen-bond donors (Lipinski definition) is 1. The van der Waals surface area contributed by atoms with Gasteiger partial charge in [-0.15, -0.1) is 0 Å². The van der Waals surface area contributed by atoms with E-state index in [1.807, 2.05) is 0 Å². The first-order valence-electron chi connectivity index (χ1n) is 9.78. The molecule has 1 aromatic heterocycles. The second kappa shape index (κ2) is 8.33. The number of anilines is 1. The summed E-state index contributed by atoms with van der Waals surface area (Å²) >= 11 is 0. The highest BCUT2D eigenvalue weighted by molar-refractivity contribution is 5.81. The van der Waals surface area contributed by atoms with Crippen molar-refractivity contribution in [2.75, 3.05) is 24.5 Å². The second-order valence-corrected chi connectivity index (χ2v) is 7.12. The maximum Gasteiger partial charge on any atom is 0.133 e. The highest BCUT2D eigenvalue weighted by Crippen LogP contribution is 2.26. The zero-order valence-corrected chi connectivity index (χ0v) is 15.3. The van der Waals surface area contributed by atoms with Crippen molar-refractivity contribution in [1.82, 2.24) is 10.3 Å². The Bertz CT molecular complexity index is 838. The molecular formula is C23H27N3. The molecule has 26 heavy (non-hydrogen) atoms. The number of hydrogen-bond acceptors (Lipinski definition) is 3. The Kier molecular flexibility index (Phi) is 5.46. The van der Waals surface area contributed by atoms with Crippen LogP contribution in [0.5, 0.6) is 0 Å². The third-order valence-corrected chi connectivity index (χ3v) is 5.18. The summed E-state index contributed by atoms with van der Waals surface area (Å²) in [7, 11) is 0. The largest absolute Gasteiger partial charge is 0.356 e. The third-order valence-electron chi connectivity index (χ3n) is 5.18. The highest BCUT2D eigenvalue weighted by Gasteiger charge is 2.16. The monoisotopic (exact) mass is 345 g/mol. The van der Waals surface area contributed by atoms with Gasteiger partial charge in [-0.3, -0.25) is 0 Å². The van der Waals surface area contributed by atoms with E-state index in [0.717, 1.165) is 38.1 Å². The van der Waals surface area contributed by atoms with Crippen molar-refractivity contribution in [3.8, 4) is 0 Å². The summed E-state index contributed by atoms with van der Waals surface area (Å²) < 4.78 is 0. The molecule has 0 aliphatic carbocycles. The maximum absolute atomic E-state index is 5.02. The molecule has 0 bridgehead atoms. The molecule has 134 valence electrons. The van der Waals surface area contributed by atoms with Crippen molar-refractivity contribution in [3.05, 3.63) is 71.8 Å². The van der Waals surface area contributed by atoms with E-state index >= 15 is 0 Å². The predicted octanol–water partition coefficient (Wildman–Crippen LogP) is 4.56. The minimum Gasteiger partial charge on any atom is -0.356 e. The van der Waals surface area contributed by atoms with Crippen molar-refractivity contribution in [1.29, 1.82) is 0 Å². The van der Waals surface area contributed by atoms with E-state index in [-0.39, 0.29) is 0 Å². The number of fused-ring (bicyclic) bond motifs is 1. The van der Waals surface area contributed by atoms with Crippen LogP contribution in [0.25, 0.3) is 10.9 Å². The lowest BCUT2D eigenvalue weighted by molar-refractivity contribution is 0.570. The Labute approximate surface area is 156 Å². The van der Waals surface area contributed by atoms with Gasteiger partial charge in [0.2, 0.25) is 0 Å². The number of aromatic nitrogens is 1. The molecule has 0 atom stereocenters. The fraction of sp³-hybridized carbons (Fsp3) is 0.348. The van der Waals surface area contributed by atoms with Gasteiger partial charge in [0.05, 0.1) is 5.52 Å². The molecule has 4 rings (SSSR count). The summed E-state index contributed by atoms with van der Waals surface area (Å²) in [5.41, 5.74) is 3.80. The van der Waals surface area contributed by atoms with Crippen LogP contribution in [-0.2, 0) is 13.0 Å². The molecule has 3 aromatic rings. The van der Waals surface area contributed by atoms with Gasteiger partial charge in [-0.1, -0.05) is 48.5 Å². The number of rotatable bonds is 6. The fourth-order valence-corrected chi connectivity index (χ4v) is 3.76. The van der Waals surface area contributed by atoms with Gasteiger partial charge in [-0.25, -0.2) is 4.98 Å². The third kappa shape index (κ3) is 4.05. The Balaban J connectivity index is 1.50. The quantitative estimate of drug-likeness (QED) is 0.664. The summed E-state index contributed by atoms with van der Waals surface area (Å²) in [6.45, 7) is 4.11.